The standard InChI is InChI=1S/C24H50O.C6H6O2.C2H6O/c1-3-5-7-9-11-13-15-17-19-21-23-25-24-22-20-18-16-14-12-10-8-6-4-2;7-5-2-1-3-6(8)4-5;1-2-3/h3-24H2,1-2H3;1-4,7-8H;3H,2H2,1H3. The molecule has 0 saturated heterocycles. The van der Waals surface area contributed by atoms with E-state index in [1.165, 1.54) is 147 Å². The van der Waals surface area contributed by atoms with E-state index in [2.05, 4.69) is 13.8 Å². The summed E-state index contributed by atoms with van der Waals surface area (Å²) in [6, 6.07) is 5.85. The second-order valence-corrected chi connectivity index (χ2v) is 9.81. The Kier molecular flexibility index (Phi) is 34.6. The van der Waals surface area contributed by atoms with E-state index in [1.807, 2.05) is 0 Å². The van der Waals surface area contributed by atoms with Crippen LogP contribution in [0.25, 0.3) is 0 Å². The van der Waals surface area contributed by atoms with Gasteiger partial charge >= 0.3 is 0 Å². The summed E-state index contributed by atoms with van der Waals surface area (Å²) in [6.45, 7) is 8.50. The number of benzene rings is 1. The minimum Gasteiger partial charge on any atom is -0.508 e. The lowest BCUT2D eigenvalue weighted by atomic mass is 10.1. The van der Waals surface area contributed by atoms with E-state index in [9.17, 15) is 0 Å². The van der Waals surface area contributed by atoms with Gasteiger partial charge in [-0.1, -0.05) is 135 Å². The van der Waals surface area contributed by atoms with Crippen molar-refractivity contribution in [1.29, 1.82) is 0 Å². The van der Waals surface area contributed by atoms with Crippen LogP contribution in [0.3, 0.4) is 0 Å². The van der Waals surface area contributed by atoms with Gasteiger partial charge in [-0.3, -0.25) is 0 Å². The van der Waals surface area contributed by atoms with Crippen molar-refractivity contribution in [3.8, 4) is 11.5 Å². The molecule has 214 valence electrons. The maximum atomic E-state index is 8.65. The van der Waals surface area contributed by atoms with Crippen LogP contribution in [0.1, 0.15) is 149 Å². The maximum Gasteiger partial charge on any atom is 0.119 e. The second kappa shape index (κ2) is 33.7. The average Bonchev–Trinajstić information content (AvgIpc) is 2.86. The molecule has 0 heterocycles. The first-order chi connectivity index (χ1) is 17.6. The summed E-state index contributed by atoms with van der Waals surface area (Å²) in [4.78, 5) is 0. The van der Waals surface area contributed by atoms with Crippen molar-refractivity contribution >= 4 is 0 Å². The first-order valence-electron chi connectivity index (χ1n) is 15.3. The Hall–Kier alpha value is -1.26. The number of rotatable bonds is 22. The topological polar surface area (TPSA) is 69.9 Å². The predicted molar refractivity (Wildman–Crippen MR) is 157 cm³/mol. The smallest absolute Gasteiger partial charge is 0.119 e. The molecule has 0 aliphatic carbocycles. The summed E-state index contributed by atoms with van der Waals surface area (Å²) < 4.78 is 5.78. The molecule has 3 N–H and O–H groups in total. The van der Waals surface area contributed by atoms with Gasteiger partial charge in [0.2, 0.25) is 0 Å². The van der Waals surface area contributed by atoms with Crippen molar-refractivity contribution in [2.75, 3.05) is 19.8 Å². The third-order valence-electron chi connectivity index (χ3n) is 6.11. The molecule has 36 heavy (non-hydrogen) atoms. The number of aliphatic hydroxyl groups is 1. The van der Waals surface area contributed by atoms with Crippen molar-refractivity contribution in [1.82, 2.24) is 0 Å². The van der Waals surface area contributed by atoms with Crippen LogP contribution >= 0.6 is 0 Å². The molecule has 4 nitrogen and oxygen atoms in total. The monoisotopic (exact) mass is 510 g/mol. The molecule has 0 aromatic heterocycles. The summed E-state index contributed by atoms with van der Waals surface area (Å²) in [7, 11) is 0. The van der Waals surface area contributed by atoms with Crippen molar-refractivity contribution in [3.05, 3.63) is 24.3 Å². The summed E-state index contributed by atoms with van der Waals surface area (Å²) in [5, 5.41) is 24.9. The maximum absolute atomic E-state index is 8.65. The molecular weight excluding hydrogens is 448 g/mol. The number of unbranched alkanes of at least 4 members (excludes halogenated alkanes) is 18. The second-order valence-electron chi connectivity index (χ2n) is 9.81. The van der Waals surface area contributed by atoms with Crippen LogP contribution < -0.4 is 0 Å². The lowest BCUT2D eigenvalue weighted by molar-refractivity contribution is 0.125. The number of hydrogen-bond donors (Lipinski definition) is 3. The van der Waals surface area contributed by atoms with Crippen molar-refractivity contribution in [2.24, 2.45) is 0 Å². The quantitative estimate of drug-likeness (QED) is 0.136. The van der Waals surface area contributed by atoms with E-state index in [0.29, 0.717) is 0 Å². The fourth-order valence-corrected chi connectivity index (χ4v) is 3.98. The molecular formula is C32H62O4. The predicted octanol–water partition coefficient (Wildman–Crippen LogP) is 9.94. The Bertz CT molecular complexity index is 467. The van der Waals surface area contributed by atoms with Gasteiger partial charge < -0.3 is 20.1 Å². The molecule has 0 bridgehead atoms. The summed E-state index contributed by atoms with van der Waals surface area (Å²) in [5.74, 6) is 0.176. The Morgan fingerprint density at radius 3 is 1.03 bits per heavy atom. The fourth-order valence-electron chi connectivity index (χ4n) is 3.98. The molecule has 0 fully saturated rings. The van der Waals surface area contributed by atoms with Gasteiger partial charge in [0.15, 0.2) is 0 Å². The number of phenolic OH excluding ortho intramolecular Hbond substituents is 2. The normalized spacial score (nSPS) is 10.3. The number of aromatic hydroxyl groups is 2. The molecule has 0 amide bonds. The molecule has 0 atom stereocenters. The van der Waals surface area contributed by atoms with Gasteiger partial charge in [-0.05, 0) is 31.9 Å². The number of phenols is 2. The largest absolute Gasteiger partial charge is 0.508 e. The first kappa shape index (κ1) is 36.9. The van der Waals surface area contributed by atoms with Crippen LogP contribution in [0.4, 0.5) is 0 Å². The Morgan fingerprint density at radius 2 is 0.778 bits per heavy atom. The number of aliphatic hydroxyl groups excluding tert-OH is 1. The van der Waals surface area contributed by atoms with Gasteiger partial charge in [0.05, 0.1) is 0 Å². The van der Waals surface area contributed by atoms with Crippen molar-refractivity contribution in [3.63, 3.8) is 0 Å². The van der Waals surface area contributed by atoms with Gasteiger partial charge in [-0.25, -0.2) is 0 Å². The third kappa shape index (κ3) is 34.9. The lowest BCUT2D eigenvalue weighted by Gasteiger charge is -2.05. The molecule has 0 unspecified atom stereocenters. The van der Waals surface area contributed by atoms with E-state index in [1.54, 1.807) is 13.0 Å². The summed E-state index contributed by atoms with van der Waals surface area (Å²) in [5.41, 5.74) is 0. The van der Waals surface area contributed by atoms with E-state index in [-0.39, 0.29) is 18.1 Å². The van der Waals surface area contributed by atoms with Crippen molar-refractivity contribution in [2.45, 2.75) is 149 Å². The minimum atomic E-state index is 0.0880. The van der Waals surface area contributed by atoms with Gasteiger partial charge in [-0.2, -0.15) is 0 Å². The SMILES string of the molecule is CCCCCCCCCCCCOCCCCCCCCCCCC.CCO.Oc1cccc(O)c1. The number of ether oxygens (including phenoxy) is 1. The van der Waals surface area contributed by atoms with Gasteiger partial charge in [0, 0.05) is 25.9 Å². The summed E-state index contributed by atoms with van der Waals surface area (Å²) in [6.07, 6.45) is 28.2. The molecule has 1 aromatic rings. The number of hydrogen-bond acceptors (Lipinski definition) is 4. The Morgan fingerprint density at radius 1 is 0.500 bits per heavy atom. The lowest BCUT2D eigenvalue weighted by Crippen LogP contribution is -1.97. The highest BCUT2D eigenvalue weighted by Crippen LogP contribution is 2.15. The van der Waals surface area contributed by atoms with Gasteiger partial charge in [0.25, 0.3) is 0 Å². The highest BCUT2D eigenvalue weighted by molar-refractivity contribution is 5.30. The third-order valence-corrected chi connectivity index (χ3v) is 6.11. The van der Waals surface area contributed by atoms with E-state index >= 15 is 0 Å². The van der Waals surface area contributed by atoms with Crippen LogP contribution in [0.2, 0.25) is 0 Å². The fraction of sp³-hybridized carbons (Fsp3) is 0.812. The van der Waals surface area contributed by atoms with Crippen LogP contribution in [-0.4, -0.2) is 35.1 Å². The van der Waals surface area contributed by atoms with E-state index in [4.69, 9.17) is 20.1 Å². The molecule has 1 aromatic carbocycles. The molecule has 0 aliphatic heterocycles. The van der Waals surface area contributed by atoms with Crippen LogP contribution in [0, 0.1) is 0 Å². The molecule has 0 spiro atoms. The molecule has 0 radical (unpaired) electrons. The molecule has 4 heteroatoms. The average molecular weight is 511 g/mol. The van der Waals surface area contributed by atoms with Gasteiger partial charge in [0.1, 0.15) is 11.5 Å². The molecule has 0 aliphatic rings. The zero-order valence-electron chi connectivity index (χ0n) is 24.3. The minimum absolute atomic E-state index is 0.0880. The first-order valence-corrected chi connectivity index (χ1v) is 15.3. The molecule has 1 rings (SSSR count). The van der Waals surface area contributed by atoms with E-state index < -0.39 is 0 Å². The highest BCUT2D eigenvalue weighted by Gasteiger charge is 1.95. The zero-order valence-corrected chi connectivity index (χ0v) is 24.3. The molecule has 0 saturated carbocycles. The van der Waals surface area contributed by atoms with Crippen LogP contribution in [0.15, 0.2) is 24.3 Å². The van der Waals surface area contributed by atoms with Crippen molar-refractivity contribution < 1.29 is 20.1 Å². The highest BCUT2D eigenvalue weighted by atomic mass is 16.5. The zero-order chi connectivity index (χ0) is 27.0. The van der Waals surface area contributed by atoms with Crippen LogP contribution in [-0.2, 0) is 4.74 Å². The Balaban J connectivity index is 0. The summed E-state index contributed by atoms with van der Waals surface area (Å²) >= 11 is 0. The van der Waals surface area contributed by atoms with Crippen LogP contribution in [0.5, 0.6) is 11.5 Å². The van der Waals surface area contributed by atoms with Gasteiger partial charge in [-0.15, -0.1) is 0 Å². The van der Waals surface area contributed by atoms with E-state index in [0.717, 1.165) is 13.2 Å². The Labute approximate surface area is 224 Å².